The number of hydrogen-bond donors (Lipinski definition) is 2. The van der Waals surface area contributed by atoms with Crippen LogP contribution in [0.3, 0.4) is 0 Å². The minimum Gasteiger partial charge on any atom is -0.354 e. The number of nitrogens with one attached hydrogen (secondary N) is 2. The number of halogens is 3. The molecule has 1 unspecified atom stereocenters. The minimum atomic E-state index is -4.42. The molecular weight excluding hydrogens is 465 g/mol. The van der Waals surface area contributed by atoms with Gasteiger partial charge >= 0.3 is 12.2 Å². The summed E-state index contributed by atoms with van der Waals surface area (Å²) in [5, 5.41) is 3.01. The normalized spacial score (nSPS) is 24.5. The fourth-order valence-corrected chi connectivity index (χ4v) is 6.16. The number of anilines is 1. The van der Waals surface area contributed by atoms with E-state index in [4.69, 9.17) is 0 Å². The molecule has 4 heterocycles. The minimum absolute atomic E-state index is 0.180. The summed E-state index contributed by atoms with van der Waals surface area (Å²) in [5.74, 6) is -0.310. The van der Waals surface area contributed by atoms with Gasteiger partial charge in [0.05, 0.1) is 5.56 Å². The molecule has 3 saturated heterocycles. The van der Waals surface area contributed by atoms with E-state index >= 15 is 0 Å². The average Bonchev–Trinajstić information content (AvgIpc) is 2.78. The summed E-state index contributed by atoms with van der Waals surface area (Å²) in [7, 11) is -3.88. The second kappa shape index (κ2) is 9.06. The van der Waals surface area contributed by atoms with E-state index in [-0.39, 0.29) is 25.7 Å². The third-order valence-corrected chi connectivity index (χ3v) is 8.53. The van der Waals surface area contributed by atoms with Crippen LogP contribution in [0.4, 0.5) is 23.8 Å². The van der Waals surface area contributed by atoms with Gasteiger partial charge < -0.3 is 10.2 Å². The standard InChI is InChI=1S/C19H25F3N6O4S/c20-19(21,22)13-1-2-16(23-11-13)27-9-7-26(8-10-27)14-3-5-28(6-4-14)33(31,32)15-12-24-18(30)25-17(15)29/h1-2,11,14-15H,3-10,12H2,(H2,24,25,29,30). The molecule has 0 saturated carbocycles. The van der Waals surface area contributed by atoms with Crippen LogP contribution in [0.1, 0.15) is 18.4 Å². The monoisotopic (exact) mass is 490 g/mol. The summed E-state index contributed by atoms with van der Waals surface area (Å²) < 4.78 is 65.2. The van der Waals surface area contributed by atoms with Crippen LogP contribution in [0.5, 0.6) is 0 Å². The van der Waals surface area contributed by atoms with Gasteiger partial charge in [-0.15, -0.1) is 0 Å². The molecule has 2 N–H and O–H groups in total. The maximum Gasteiger partial charge on any atom is 0.417 e. The van der Waals surface area contributed by atoms with Crippen molar-refractivity contribution in [2.24, 2.45) is 0 Å². The van der Waals surface area contributed by atoms with Gasteiger partial charge in [0.15, 0.2) is 5.25 Å². The average molecular weight is 491 g/mol. The summed E-state index contributed by atoms with van der Waals surface area (Å²) in [6.45, 7) is 2.93. The van der Waals surface area contributed by atoms with E-state index in [9.17, 15) is 31.2 Å². The largest absolute Gasteiger partial charge is 0.417 e. The Morgan fingerprint density at radius 3 is 2.21 bits per heavy atom. The van der Waals surface area contributed by atoms with Crippen molar-refractivity contribution < 1.29 is 31.2 Å². The molecule has 182 valence electrons. The Morgan fingerprint density at radius 1 is 1.00 bits per heavy atom. The SMILES string of the molecule is O=C1NCC(S(=O)(=O)N2CCC(N3CCN(c4ccc(C(F)(F)F)cn4)CC3)CC2)C(=O)N1. The number of imide groups is 1. The van der Waals surface area contributed by atoms with E-state index in [0.29, 0.717) is 44.8 Å². The topological polar surface area (TPSA) is 115 Å². The van der Waals surface area contributed by atoms with Crippen LogP contribution < -0.4 is 15.5 Å². The van der Waals surface area contributed by atoms with Gasteiger partial charge in [-0.2, -0.15) is 13.2 Å². The van der Waals surface area contributed by atoms with Gasteiger partial charge in [-0.25, -0.2) is 22.5 Å². The van der Waals surface area contributed by atoms with Crippen LogP contribution >= 0.6 is 0 Å². The summed E-state index contributed by atoms with van der Waals surface area (Å²) in [6, 6.07) is 1.89. The van der Waals surface area contributed by atoms with Crippen molar-refractivity contribution in [2.75, 3.05) is 50.7 Å². The van der Waals surface area contributed by atoms with Crippen molar-refractivity contribution in [2.45, 2.75) is 30.3 Å². The van der Waals surface area contributed by atoms with Gasteiger partial charge in [0.1, 0.15) is 5.82 Å². The maximum atomic E-state index is 12.8. The van der Waals surface area contributed by atoms with Crippen LogP contribution in [0.25, 0.3) is 0 Å². The molecule has 10 nitrogen and oxygen atoms in total. The van der Waals surface area contributed by atoms with Crippen molar-refractivity contribution in [1.82, 2.24) is 24.8 Å². The first-order valence-electron chi connectivity index (χ1n) is 10.7. The number of pyridine rings is 1. The van der Waals surface area contributed by atoms with Crippen LogP contribution in [-0.2, 0) is 21.0 Å². The zero-order chi connectivity index (χ0) is 23.8. The van der Waals surface area contributed by atoms with Crippen molar-refractivity contribution in [1.29, 1.82) is 0 Å². The number of sulfonamides is 1. The van der Waals surface area contributed by atoms with Gasteiger partial charge in [-0.3, -0.25) is 15.0 Å². The third kappa shape index (κ3) is 5.06. The lowest BCUT2D eigenvalue weighted by molar-refractivity contribution is -0.137. The van der Waals surface area contributed by atoms with Crippen LogP contribution in [-0.4, -0.2) is 91.7 Å². The molecule has 0 spiro atoms. The third-order valence-electron chi connectivity index (χ3n) is 6.35. The molecule has 4 rings (SSSR count). The number of piperidine rings is 1. The highest BCUT2D eigenvalue weighted by molar-refractivity contribution is 7.90. The Morgan fingerprint density at radius 2 is 1.67 bits per heavy atom. The molecule has 33 heavy (non-hydrogen) atoms. The van der Waals surface area contributed by atoms with Crippen molar-refractivity contribution in [3.05, 3.63) is 23.9 Å². The zero-order valence-corrected chi connectivity index (χ0v) is 18.5. The molecule has 0 aromatic carbocycles. The van der Waals surface area contributed by atoms with Gasteiger partial charge in [-0.05, 0) is 25.0 Å². The van der Waals surface area contributed by atoms with Gasteiger partial charge in [0.2, 0.25) is 15.9 Å². The van der Waals surface area contributed by atoms with Gasteiger partial charge in [0, 0.05) is 58.1 Å². The second-order valence-corrected chi connectivity index (χ2v) is 10.4. The highest BCUT2D eigenvalue weighted by Crippen LogP contribution is 2.30. The number of alkyl halides is 3. The number of rotatable bonds is 4. The van der Waals surface area contributed by atoms with Crippen LogP contribution in [0.2, 0.25) is 0 Å². The van der Waals surface area contributed by atoms with E-state index in [1.54, 1.807) is 0 Å². The fourth-order valence-electron chi connectivity index (χ4n) is 4.45. The first-order valence-corrected chi connectivity index (χ1v) is 12.2. The predicted octanol–water partition coefficient (Wildman–Crippen LogP) is 0.225. The molecule has 1 aromatic rings. The lowest BCUT2D eigenvalue weighted by atomic mass is 10.0. The summed E-state index contributed by atoms with van der Waals surface area (Å²) in [5.41, 5.74) is -0.778. The fraction of sp³-hybridized carbons (Fsp3) is 0.632. The Labute approximate surface area is 189 Å². The molecule has 3 amide bonds. The number of aromatic nitrogens is 1. The Hall–Kier alpha value is -2.45. The molecule has 3 fully saturated rings. The first kappa shape index (κ1) is 23.7. The Kier molecular flexibility index (Phi) is 6.51. The molecule has 1 atom stereocenters. The zero-order valence-electron chi connectivity index (χ0n) is 17.7. The first-order chi connectivity index (χ1) is 15.6. The number of urea groups is 1. The predicted molar refractivity (Wildman–Crippen MR) is 112 cm³/mol. The highest BCUT2D eigenvalue weighted by Gasteiger charge is 2.42. The lowest BCUT2D eigenvalue weighted by Gasteiger charge is -2.43. The summed E-state index contributed by atoms with van der Waals surface area (Å²) >= 11 is 0. The molecule has 0 aliphatic carbocycles. The molecule has 0 bridgehead atoms. The summed E-state index contributed by atoms with van der Waals surface area (Å²) in [4.78, 5) is 31.3. The lowest BCUT2D eigenvalue weighted by Crippen LogP contribution is -2.61. The number of carbonyl (C=O) groups is 2. The van der Waals surface area contributed by atoms with E-state index in [0.717, 1.165) is 12.3 Å². The smallest absolute Gasteiger partial charge is 0.354 e. The highest BCUT2D eigenvalue weighted by atomic mass is 32.2. The Balaban J connectivity index is 1.28. The van der Waals surface area contributed by atoms with Gasteiger partial charge in [0.25, 0.3) is 0 Å². The van der Waals surface area contributed by atoms with E-state index < -0.39 is 39.0 Å². The summed E-state index contributed by atoms with van der Waals surface area (Å²) in [6.07, 6.45) is -2.35. The maximum absolute atomic E-state index is 12.8. The van der Waals surface area contributed by atoms with Gasteiger partial charge in [-0.1, -0.05) is 0 Å². The molecule has 3 aliphatic rings. The van der Waals surface area contributed by atoms with Crippen molar-refractivity contribution in [3.8, 4) is 0 Å². The number of nitrogens with zero attached hydrogens (tertiary/aromatic N) is 4. The number of carbonyl (C=O) groups excluding carboxylic acids is 2. The second-order valence-electron chi connectivity index (χ2n) is 8.29. The van der Waals surface area contributed by atoms with Crippen LogP contribution in [0, 0.1) is 0 Å². The quantitative estimate of drug-likeness (QED) is 0.621. The molecule has 1 aromatic heterocycles. The van der Waals surface area contributed by atoms with E-state index in [1.807, 2.05) is 10.2 Å². The van der Waals surface area contributed by atoms with E-state index in [2.05, 4.69) is 15.2 Å². The van der Waals surface area contributed by atoms with Crippen molar-refractivity contribution in [3.63, 3.8) is 0 Å². The molecule has 0 radical (unpaired) electrons. The molecular formula is C19H25F3N6O4S. The van der Waals surface area contributed by atoms with Crippen molar-refractivity contribution >= 4 is 27.8 Å². The van der Waals surface area contributed by atoms with Crippen LogP contribution in [0.15, 0.2) is 18.3 Å². The number of piperazine rings is 1. The number of amides is 3. The molecule has 3 aliphatic heterocycles. The molecule has 14 heteroatoms. The number of hydrogen-bond acceptors (Lipinski definition) is 7. The van der Waals surface area contributed by atoms with E-state index in [1.165, 1.54) is 10.4 Å². The Bertz CT molecular complexity index is 988.